The molecule has 1 aromatic rings. The summed E-state index contributed by atoms with van der Waals surface area (Å²) in [5.74, 6) is 0. The first-order valence-corrected chi connectivity index (χ1v) is 8.78. The Morgan fingerprint density at radius 1 is 1.33 bits per heavy atom. The summed E-state index contributed by atoms with van der Waals surface area (Å²) in [6.07, 6.45) is 4.08. The van der Waals surface area contributed by atoms with E-state index in [-0.39, 0.29) is 12.1 Å². The summed E-state index contributed by atoms with van der Waals surface area (Å²) in [7, 11) is 0. The highest BCUT2D eigenvalue weighted by molar-refractivity contribution is 5.69. The minimum absolute atomic E-state index is 0.191. The van der Waals surface area contributed by atoms with Crippen molar-refractivity contribution in [3.63, 3.8) is 0 Å². The largest absolute Gasteiger partial charge is 0.444 e. The number of hydrogen-bond donors (Lipinski definition) is 1. The smallest absolute Gasteiger partial charge is 0.410 e. The van der Waals surface area contributed by atoms with Crippen molar-refractivity contribution < 1.29 is 9.53 Å². The number of benzene rings is 1. The van der Waals surface area contributed by atoms with Crippen LogP contribution in [0.5, 0.6) is 0 Å². The first kappa shape index (κ1) is 18.5. The third-order valence-corrected chi connectivity index (χ3v) is 4.00. The third kappa shape index (κ3) is 6.00. The van der Waals surface area contributed by atoms with E-state index in [1.807, 2.05) is 43.9 Å². The van der Waals surface area contributed by atoms with Crippen molar-refractivity contribution in [2.24, 2.45) is 0 Å². The summed E-state index contributed by atoms with van der Waals surface area (Å²) < 4.78 is 5.51. The van der Waals surface area contributed by atoms with Crippen LogP contribution in [-0.4, -0.2) is 42.3 Å². The van der Waals surface area contributed by atoms with Gasteiger partial charge in [-0.2, -0.15) is 0 Å². The molecule has 4 nitrogen and oxygen atoms in total. The van der Waals surface area contributed by atoms with Crippen molar-refractivity contribution in [2.45, 2.75) is 52.2 Å². The summed E-state index contributed by atoms with van der Waals surface area (Å²) in [6, 6.07) is 10.5. The van der Waals surface area contributed by atoms with E-state index >= 15 is 0 Å². The Labute approximate surface area is 145 Å². The van der Waals surface area contributed by atoms with Gasteiger partial charge >= 0.3 is 6.09 Å². The Balaban J connectivity index is 1.80. The summed E-state index contributed by atoms with van der Waals surface area (Å²) in [5, 5.41) is 3.48. The molecular formula is C20H30N2O2. The molecule has 2 rings (SSSR count). The number of carbonyl (C=O) groups is 1. The highest BCUT2D eigenvalue weighted by atomic mass is 16.6. The fourth-order valence-corrected chi connectivity index (χ4v) is 2.93. The van der Waals surface area contributed by atoms with Gasteiger partial charge in [0, 0.05) is 25.7 Å². The number of hydrogen-bond acceptors (Lipinski definition) is 3. The van der Waals surface area contributed by atoms with Crippen LogP contribution in [0.15, 0.2) is 35.9 Å². The number of rotatable bonds is 5. The van der Waals surface area contributed by atoms with Crippen LogP contribution in [0, 0.1) is 0 Å². The topological polar surface area (TPSA) is 41.6 Å². The normalized spacial score (nSPS) is 18.8. The molecule has 0 bridgehead atoms. The maximum Gasteiger partial charge on any atom is 0.410 e. The molecule has 1 aliphatic heterocycles. The molecule has 1 unspecified atom stereocenters. The van der Waals surface area contributed by atoms with Crippen molar-refractivity contribution in [1.82, 2.24) is 10.2 Å². The van der Waals surface area contributed by atoms with Crippen LogP contribution in [0.25, 0.3) is 6.08 Å². The van der Waals surface area contributed by atoms with Crippen LogP contribution in [0.2, 0.25) is 0 Å². The van der Waals surface area contributed by atoms with Crippen LogP contribution in [0.4, 0.5) is 4.79 Å². The monoisotopic (exact) mass is 330 g/mol. The van der Waals surface area contributed by atoms with Crippen molar-refractivity contribution in [2.75, 3.05) is 19.6 Å². The van der Waals surface area contributed by atoms with Gasteiger partial charge in [-0.1, -0.05) is 42.0 Å². The molecule has 132 valence electrons. The molecule has 4 heteroatoms. The van der Waals surface area contributed by atoms with Crippen LogP contribution in [0.1, 0.15) is 46.1 Å². The maximum absolute atomic E-state index is 12.3. The van der Waals surface area contributed by atoms with E-state index in [1.165, 1.54) is 11.1 Å². The molecule has 0 radical (unpaired) electrons. The lowest BCUT2D eigenvalue weighted by molar-refractivity contribution is 0.0227. The van der Waals surface area contributed by atoms with Crippen molar-refractivity contribution in [1.29, 1.82) is 0 Å². The van der Waals surface area contributed by atoms with Gasteiger partial charge in [0.25, 0.3) is 0 Å². The summed E-state index contributed by atoms with van der Waals surface area (Å²) in [5.41, 5.74) is 2.06. The Kier molecular flexibility index (Phi) is 6.44. The lowest BCUT2D eigenvalue weighted by Gasteiger charge is -2.28. The molecule has 1 fully saturated rings. The van der Waals surface area contributed by atoms with Gasteiger partial charge in [-0.15, -0.1) is 0 Å². The van der Waals surface area contributed by atoms with Gasteiger partial charge in [0.05, 0.1) is 0 Å². The molecule has 1 aliphatic rings. The van der Waals surface area contributed by atoms with Crippen molar-refractivity contribution >= 4 is 12.2 Å². The fraction of sp³-hybridized carbons (Fsp3) is 0.550. The molecule has 1 aromatic carbocycles. The molecule has 1 N–H and O–H groups in total. The number of nitrogens with one attached hydrogen (secondary N) is 1. The average Bonchev–Trinajstić information content (AvgIpc) is 2.95. The molecule has 0 aromatic heterocycles. The number of carbonyl (C=O) groups excluding carboxylic acids is 1. The van der Waals surface area contributed by atoms with E-state index in [0.717, 1.165) is 32.5 Å². The van der Waals surface area contributed by atoms with Gasteiger partial charge in [-0.05, 0) is 46.1 Å². The summed E-state index contributed by atoms with van der Waals surface area (Å²) in [6.45, 7) is 10.3. The third-order valence-electron chi connectivity index (χ3n) is 4.00. The molecule has 24 heavy (non-hydrogen) atoms. The van der Waals surface area contributed by atoms with Crippen LogP contribution < -0.4 is 5.32 Å². The number of ether oxygens (including phenoxy) is 1. The molecule has 1 amide bonds. The zero-order chi connectivity index (χ0) is 17.6. The number of amides is 1. The summed E-state index contributed by atoms with van der Waals surface area (Å²) >= 11 is 0. The molecule has 0 aliphatic carbocycles. The molecule has 0 saturated carbocycles. The Morgan fingerprint density at radius 2 is 2.04 bits per heavy atom. The highest BCUT2D eigenvalue weighted by Crippen LogP contribution is 2.20. The van der Waals surface area contributed by atoms with Crippen LogP contribution in [-0.2, 0) is 4.74 Å². The van der Waals surface area contributed by atoms with Gasteiger partial charge in [0.1, 0.15) is 5.60 Å². The lowest BCUT2D eigenvalue weighted by atomic mass is 10.1. The Morgan fingerprint density at radius 3 is 2.71 bits per heavy atom. The second-order valence-electron chi connectivity index (χ2n) is 7.50. The van der Waals surface area contributed by atoms with E-state index in [9.17, 15) is 4.79 Å². The SMILES string of the molecule is C/C(=C\c1ccccc1)CNCC1CCCN1C(=O)OC(C)(C)C. The van der Waals surface area contributed by atoms with Gasteiger partial charge in [0.2, 0.25) is 0 Å². The second-order valence-corrected chi connectivity index (χ2v) is 7.50. The molecular weight excluding hydrogens is 300 g/mol. The van der Waals surface area contributed by atoms with Gasteiger partial charge in [-0.3, -0.25) is 0 Å². The zero-order valence-electron chi connectivity index (χ0n) is 15.3. The quantitative estimate of drug-likeness (QED) is 0.884. The minimum Gasteiger partial charge on any atom is -0.444 e. The Bertz CT molecular complexity index is 561. The number of nitrogens with zero attached hydrogens (tertiary/aromatic N) is 1. The van der Waals surface area contributed by atoms with Gasteiger partial charge in [-0.25, -0.2) is 4.79 Å². The maximum atomic E-state index is 12.3. The highest BCUT2D eigenvalue weighted by Gasteiger charge is 2.31. The lowest BCUT2D eigenvalue weighted by Crippen LogP contribution is -2.44. The average molecular weight is 330 g/mol. The standard InChI is InChI=1S/C20H30N2O2/c1-16(13-17-9-6-5-7-10-17)14-21-15-18-11-8-12-22(18)19(23)24-20(2,3)4/h5-7,9-10,13,18,21H,8,11-12,14-15H2,1-4H3/b16-13+. The van der Waals surface area contributed by atoms with Crippen LogP contribution in [0.3, 0.4) is 0 Å². The Hall–Kier alpha value is -1.81. The van der Waals surface area contributed by atoms with Crippen LogP contribution >= 0.6 is 0 Å². The summed E-state index contributed by atoms with van der Waals surface area (Å²) in [4.78, 5) is 14.1. The molecule has 0 spiro atoms. The predicted molar refractivity (Wildman–Crippen MR) is 98.9 cm³/mol. The van der Waals surface area contributed by atoms with E-state index in [2.05, 4.69) is 30.4 Å². The zero-order valence-corrected chi connectivity index (χ0v) is 15.3. The first-order valence-electron chi connectivity index (χ1n) is 8.78. The first-order chi connectivity index (χ1) is 11.3. The molecule has 1 atom stereocenters. The second kappa shape index (κ2) is 8.34. The van der Waals surface area contributed by atoms with E-state index in [1.54, 1.807) is 0 Å². The minimum atomic E-state index is -0.438. The van der Waals surface area contributed by atoms with E-state index < -0.39 is 5.60 Å². The predicted octanol–water partition coefficient (Wildman–Crippen LogP) is 4.08. The fourth-order valence-electron chi connectivity index (χ4n) is 2.93. The molecule has 1 heterocycles. The van der Waals surface area contributed by atoms with E-state index in [0.29, 0.717) is 0 Å². The number of likely N-dealkylation sites (tertiary alicyclic amines) is 1. The van der Waals surface area contributed by atoms with Gasteiger partial charge < -0.3 is 15.0 Å². The van der Waals surface area contributed by atoms with E-state index in [4.69, 9.17) is 4.74 Å². The van der Waals surface area contributed by atoms with Crippen molar-refractivity contribution in [3.05, 3.63) is 41.5 Å². The van der Waals surface area contributed by atoms with Gasteiger partial charge in [0.15, 0.2) is 0 Å². The molecule has 1 saturated heterocycles. The van der Waals surface area contributed by atoms with Crippen molar-refractivity contribution in [3.8, 4) is 0 Å².